The van der Waals surface area contributed by atoms with Crippen LogP contribution in [0.15, 0.2) is 71.0 Å². The SMILES string of the molecule is CC(/C=N/O)(Sc1nnnn1-c1ccccc1)c1ccccc1. The van der Waals surface area contributed by atoms with Gasteiger partial charge in [-0.05, 0) is 35.0 Å². The van der Waals surface area contributed by atoms with Crippen molar-refractivity contribution in [1.29, 1.82) is 0 Å². The van der Waals surface area contributed by atoms with Crippen LogP contribution in [-0.4, -0.2) is 31.6 Å². The van der Waals surface area contributed by atoms with Crippen molar-refractivity contribution in [1.82, 2.24) is 20.2 Å². The first-order chi connectivity index (χ1) is 11.2. The molecule has 7 heteroatoms. The fourth-order valence-electron chi connectivity index (χ4n) is 2.20. The number of tetrazole rings is 1. The van der Waals surface area contributed by atoms with Crippen LogP contribution in [-0.2, 0) is 4.75 Å². The zero-order valence-corrected chi connectivity index (χ0v) is 13.3. The molecule has 3 rings (SSSR count). The van der Waals surface area contributed by atoms with Gasteiger partial charge >= 0.3 is 0 Å². The minimum absolute atomic E-state index is 0.600. The van der Waals surface area contributed by atoms with Gasteiger partial charge < -0.3 is 5.21 Å². The second-order valence-electron chi connectivity index (χ2n) is 5.03. The van der Waals surface area contributed by atoms with E-state index in [4.69, 9.17) is 5.21 Å². The van der Waals surface area contributed by atoms with Crippen LogP contribution in [0.3, 0.4) is 0 Å². The molecule has 0 bridgehead atoms. The molecular weight excluding hydrogens is 310 g/mol. The summed E-state index contributed by atoms with van der Waals surface area (Å²) in [7, 11) is 0. The minimum Gasteiger partial charge on any atom is -0.411 e. The summed E-state index contributed by atoms with van der Waals surface area (Å²) < 4.78 is 1.06. The highest BCUT2D eigenvalue weighted by atomic mass is 32.2. The van der Waals surface area contributed by atoms with E-state index in [1.807, 2.05) is 67.6 Å². The van der Waals surface area contributed by atoms with Crippen LogP contribution >= 0.6 is 11.8 Å². The van der Waals surface area contributed by atoms with E-state index in [2.05, 4.69) is 20.7 Å². The summed E-state index contributed by atoms with van der Waals surface area (Å²) in [6, 6.07) is 19.4. The van der Waals surface area contributed by atoms with Gasteiger partial charge in [-0.2, -0.15) is 4.68 Å². The molecule has 0 amide bonds. The van der Waals surface area contributed by atoms with Crippen molar-refractivity contribution in [2.75, 3.05) is 0 Å². The van der Waals surface area contributed by atoms with Crippen molar-refractivity contribution in [3.63, 3.8) is 0 Å². The first kappa shape index (κ1) is 15.2. The third-order valence-electron chi connectivity index (χ3n) is 3.40. The fraction of sp³-hybridized carbons (Fsp3) is 0.125. The van der Waals surface area contributed by atoms with E-state index < -0.39 is 4.75 Å². The molecular formula is C16H15N5OS. The minimum atomic E-state index is -0.600. The molecule has 0 saturated carbocycles. The lowest BCUT2D eigenvalue weighted by Gasteiger charge is -2.23. The molecule has 0 aliphatic carbocycles. The van der Waals surface area contributed by atoms with Gasteiger partial charge in [-0.1, -0.05) is 60.3 Å². The van der Waals surface area contributed by atoms with Gasteiger partial charge in [-0.3, -0.25) is 0 Å². The first-order valence-corrected chi connectivity index (χ1v) is 7.81. The average Bonchev–Trinajstić information content (AvgIpc) is 3.04. The van der Waals surface area contributed by atoms with Crippen LogP contribution in [0.25, 0.3) is 5.69 Å². The maximum Gasteiger partial charge on any atom is 0.215 e. The molecule has 116 valence electrons. The molecule has 2 aromatic carbocycles. The highest BCUT2D eigenvalue weighted by molar-refractivity contribution is 8.00. The van der Waals surface area contributed by atoms with Gasteiger partial charge in [0.05, 0.1) is 16.6 Å². The quantitative estimate of drug-likeness (QED) is 0.337. The van der Waals surface area contributed by atoms with Crippen molar-refractivity contribution < 1.29 is 5.21 Å². The van der Waals surface area contributed by atoms with Gasteiger partial charge in [0.1, 0.15) is 0 Å². The molecule has 6 nitrogen and oxygen atoms in total. The van der Waals surface area contributed by atoms with E-state index in [0.717, 1.165) is 11.3 Å². The van der Waals surface area contributed by atoms with Crippen LogP contribution in [0.1, 0.15) is 12.5 Å². The van der Waals surface area contributed by atoms with Crippen LogP contribution in [0.2, 0.25) is 0 Å². The monoisotopic (exact) mass is 325 g/mol. The average molecular weight is 325 g/mol. The second kappa shape index (κ2) is 6.62. The Bertz CT molecular complexity index is 790. The molecule has 1 unspecified atom stereocenters. The number of rotatable bonds is 5. The Kier molecular flexibility index (Phi) is 4.38. The maximum atomic E-state index is 9.08. The van der Waals surface area contributed by atoms with E-state index >= 15 is 0 Å². The molecule has 3 aromatic rings. The topological polar surface area (TPSA) is 76.2 Å². The molecule has 0 fully saturated rings. The zero-order chi connectivity index (χ0) is 16.1. The number of thioether (sulfide) groups is 1. The van der Waals surface area contributed by atoms with Gasteiger partial charge in [0.25, 0.3) is 0 Å². The molecule has 1 aromatic heterocycles. The van der Waals surface area contributed by atoms with Crippen molar-refractivity contribution in [2.45, 2.75) is 16.8 Å². The summed E-state index contributed by atoms with van der Waals surface area (Å²) >= 11 is 1.41. The molecule has 0 saturated heterocycles. The first-order valence-electron chi connectivity index (χ1n) is 7.00. The lowest BCUT2D eigenvalue weighted by atomic mass is 10.0. The second-order valence-corrected chi connectivity index (χ2v) is 6.45. The summed E-state index contributed by atoms with van der Waals surface area (Å²) in [6.45, 7) is 1.96. The number of para-hydroxylation sites is 1. The van der Waals surface area contributed by atoms with E-state index in [9.17, 15) is 0 Å². The number of nitrogens with zero attached hydrogens (tertiary/aromatic N) is 5. The molecule has 1 atom stereocenters. The van der Waals surface area contributed by atoms with Gasteiger partial charge in [-0.25, -0.2) is 0 Å². The Morgan fingerprint density at radius 3 is 2.39 bits per heavy atom. The number of hydrogen-bond donors (Lipinski definition) is 1. The Morgan fingerprint density at radius 1 is 1.09 bits per heavy atom. The normalized spacial score (nSPS) is 14.0. The third-order valence-corrected chi connectivity index (χ3v) is 4.60. The Labute approximate surface area is 137 Å². The van der Waals surface area contributed by atoms with Crippen molar-refractivity contribution >= 4 is 18.0 Å². The third kappa shape index (κ3) is 3.24. The van der Waals surface area contributed by atoms with Crippen LogP contribution in [0.5, 0.6) is 0 Å². The largest absolute Gasteiger partial charge is 0.411 e. The molecule has 23 heavy (non-hydrogen) atoms. The molecule has 0 aliphatic heterocycles. The number of oxime groups is 1. The molecule has 0 spiro atoms. The Hall–Kier alpha value is -2.67. The van der Waals surface area contributed by atoms with Crippen LogP contribution in [0.4, 0.5) is 0 Å². The summed E-state index contributed by atoms with van der Waals surface area (Å²) in [5.74, 6) is 0. The van der Waals surface area contributed by atoms with Gasteiger partial charge in [-0.15, -0.1) is 10.3 Å². The fourth-order valence-corrected chi connectivity index (χ4v) is 3.24. The molecule has 0 radical (unpaired) electrons. The predicted octanol–water partition coefficient (Wildman–Crippen LogP) is 3.13. The van der Waals surface area contributed by atoms with E-state index in [1.54, 1.807) is 4.68 Å². The summed E-state index contributed by atoms with van der Waals surface area (Å²) in [5.41, 5.74) is 1.86. The predicted molar refractivity (Wildman–Crippen MR) is 89.1 cm³/mol. The molecule has 0 aliphatic rings. The number of aromatic nitrogens is 4. The highest BCUT2D eigenvalue weighted by Crippen LogP contribution is 2.39. The van der Waals surface area contributed by atoms with Gasteiger partial charge in [0, 0.05) is 0 Å². The Balaban J connectivity index is 1.99. The van der Waals surface area contributed by atoms with Crippen molar-refractivity contribution in [3.8, 4) is 5.69 Å². The maximum absolute atomic E-state index is 9.08. The van der Waals surface area contributed by atoms with E-state index in [0.29, 0.717) is 5.16 Å². The van der Waals surface area contributed by atoms with Crippen LogP contribution < -0.4 is 0 Å². The van der Waals surface area contributed by atoms with E-state index in [1.165, 1.54) is 18.0 Å². The standard InChI is InChI=1S/C16H15N5OS/c1-16(12-17-22,13-8-4-2-5-9-13)23-15-18-19-20-21(15)14-10-6-3-7-11-14/h2-12,22H,1H3/b17-12+. The molecule has 1 N–H and O–H groups in total. The summed E-state index contributed by atoms with van der Waals surface area (Å²) in [4.78, 5) is 0. The lowest BCUT2D eigenvalue weighted by Crippen LogP contribution is -2.20. The van der Waals surface area contributed by atoms with Crippen LogP contribution in [0, 0.1) is 0 Å². The van der Waals surface area contributed by atoms with Gasteiger partial charge in [0.2, 0.25) is 5.16 Å². The smallest absolute Gasteiger partial charge is 0.215 e. The summed E-state index contributed by atoms with van der Waals surface area (Å²) in [6.07, 6.45) is 1.48. The summed E-state index contributed by atoms with van der Waals surface area (Å²) in [5, 5.41) is 24.9. The highest BCUT2D eigenvalue weighted by Gasteiger charge is 2.29. The number of hydrogen-bond acceptors (Lipinski definition) is 6. The van der Waals surface area contributed by atoms with Crippen molar-refractivity contribution in [2.24, 2.45) is 5.16 Å². The lowest BCUT2D eigenvalue weighted by molar-refractivity contribution is 0.319. The van der Waals surface area contributed by atoms with Gasteiger partial charge in [0.15, 0.2) is 0 Å². The number of benzene rings is 2. The zero-order valence-electron chi connectivity index (χ0n) is 12.4. The van der Waals surface area contributed by atoms with Crippen molar-refractivity contribution in [3.05, 3.63) is 66.2 Å². The molecule has 1 heterocycles. The van der Waals surface area contributed by atoms with E-state index in [-0.39, 0.29) is 0 Å². The Morgan fingerprint density at radius 2 is 1.74 bits per heavy atom.